The van der Waals surface area contributed by atoms with E-state index in [2.05, 4.69) is 27.4 Å². The molecule has 172 valence electrons. The van der Waals surface area contributed by atoms with Gasteiger partial charge in [-0.2, -0.15) is 0 Å². The standard InChI is InChI=1S/C22H20Cl3N5O2S/c1-3-9-30-19(11-26-21(32)14-7-8-16(24)17(25)10-14)28-29-22(30)33-12-20(31)27-18-6-4-5-15(23)13(18)2/h3-8,10H,1,9,11-12H2,2H3,(H,26,32)(H,27,31). The van der Waals surface area contributed by atoms with Crippen LogP contribution in [0.5, 0.6) is 0 Å². The minimum atomic E-state index is -0.327. The molecule has 0 spiro atoms. The van der Waals surface area contributed by atoms with Crippen molar-refractivity contribution in [3.63, 3.8) is 0 Å². The van der Waals surface area contributed by atoms with Crippen LogP contribution in [-0.2, 0) is 17.9 Å². The fraction of sp³-hybridized carbons (Fsp3) is 0.182. The Morgan fingerprint density at radius 3 is 2.64 bits per heavy atom. The third-order valence-corrected chi connectivity index (χ3v) is 6.68. The zero-order valence-corrected chi connectivity index (χ0v) is 20.7. The van der Waals surface area contributed by atoms with Crippen LogP contribution in [0.15, 0.2) is 54.2 Å². The molecular formula is C22H20Cl3N5O2S. The third kappa shape index (κ3) is 6.51. The summed E-state index contributed by atoms with van der Waals surface area (Å²) in [6.45, 7) is 6.15. The highest BCUT2D eigenvalue weighted by Gasteiger charge is 2.16. The van der Waals surface area contributed by atoms with Crippen molar-refractivity contribution in [3.8, 4) is 0 Å². The van der Waals surface area contributed by atoms with Gasteiger partial charge in [-0.3, -0.25) is 9.59 Å². The van der Waals surface area contributed by atoms with E-state index in [4.69, 9.17) is 34.8 Å². The minimum Gasteiger partial charge on any atom is -0.345 e. The molecule has 3 rings (SSSR count). The van der Waals surface area contributed by atoms with E-state index in [1.54, 1.807) is 41.0 Å². The molecule has 0 unspecified atom stereocenters. The SMILES string of the molecule is C=CCn1c(CNC(=O)c2ccc(Cl)c(Cl)c2)nnc1SCC(=O)Nc1cccc(Cl)c1C. The van der Waals surface area contributed by atoms with E-state index in [0.717, 1.165) is 5.56 Å². The number of allylic oxidation sites excluding steroid dienone is 1. The van der Waals surface area contributed by atoms with Crippen molar-refractivity contribution >= 4 is 64.1 Å². The van der Waals surface area contributed by atoms with Gasteiger partial charge in [-0.25, -0.2) is 0 Å². The predicted octanol–water partition coefficient (Wildman–Crippen LogP) is 5.39. The summed E-state index contributed by atoms with van der Waals surface area (Å²) in [6, 6.07) is 9.97. The van der Waals surface area contributed by atoms with Gasteiger partial charge in [0, 0.05) is 22.8 Å². The highest BCUT2D eigenvalue weighted by atomic mass is 35.5. The Balaban J connectivity index is 1.63. The third-order valence-electron chi connectivity index (χ3n) is 4.57. The number of rotatable bonds is 9. The first-order chi connectivity index (χ1) is 15.8. The fourth-order valence-corrected chi connectivity index (χ4v) is 4.07. The number of aromatic nitrogens is 3. The first kappa shape index (κ1) is 25.1. The number of benzene rings is 2. The second-order valence-corrected chi connectivity index (χ2v) is 9.02. The average molecular weight is 525 g/mol. The maximum atomic E-state index is 12.4. The van der Waals surface area contributed by atoms with Crippen LogP contribution in [0.2, 0.25) is 15.1 Å². The second-order valence-electron chi connectivity index (χ2n) is 6.86. The molecule has 0 aliphatic rings. The van der Waals surface area contributed by atoms with Crippen molar-refractivity contribution in [2.45, 2.75) is 25.2 Å². The number of carbonyl (C=O) groups excluding carboxylic acids is 2. The van der Waals surface area contributed by atoms with Gasteiger partial charge in [-0.05, 0) is 42.8 Å². The fourth-order valence-electron chi connectivity index (χ4n) is 2.83. The maximum absolute atomic E-state index is 12.4. The molecule has 0 saturated heterocycles. The number of hydrogen-bond donors (Lipinski definition) is 2. The summed E-state index contributed by atoms with van der Waals surface area (Å²) in [6.07, 6.45) is 1.69. The van der Waals surface area contributed by atoms with Crippen molar-refractivity contribution in [1.82, 2.24) is 20.1 Å². The second kappa shape index (κ2) is 11.6. The van der Waals surface area contributed by atoms with Gasteiger partial charge in [0.15, 0.2) is 11.0 Å². The van der Waals surface area contributed by atoms with Crippen molar-refractivity contribution in [1.29, 1.82) is 0 Å². The van der Waals surface area contributed by atoms with Gasteiger partial charge in [0.25, 0.3) is 5.91 Å². The molecular weight excluding hydrogens is 505 g/mol. The summed E-state index contributed by atoms with van der Waals surface area (Å²) in [5.74, 6) is 0.119. The van der Waals surface area contributed by atoms with Crippen LogP contribution in [0.3, 0.4) is 0 Å². The van der Waals surface area contributed by atoms with Crippen LogP contribution in [0.25, 0.3) is 0 Å². The summed E-state index contributed by atoms with van der Waals surface area (Å²) in [7, 11) is 0. The van der Waals surface area contributed by atoms with Crippen molar-refractivity contribution < 1.29 is 9.59 Å². The molecule has 0 fully saturated rings. The van der Waals surface area contributed by atoms with Crippen LogP contribution in [0.1, 0.15) is 21.7 Å². The maximum Gasteiger partial charge on any atom is 0.251 e. The molecule has 0 saturated carbocycles. The average Bonchev–Trinajstić information content (AvgIpc) is 3.17. The van der Waals surface area contributed by atoms with Crippen molar-refractivity contribution in [2.75, 3.05) is 11.1 Å². The Kier molecular flexibility index (Phi) is 8.80. The summed E-state index contributed by atoms with van der Waals surface area (Å²) in [4.78, 5) is 24.9. The first-order valence-corrected chi connectivity index (χ1v) is 11.9. The normalized spacial score (nSPS) is 10.7. The van der Waals surface area contributed by atoms with Crippen molar-refractivity contribution in [3.05, 3.63) is 81.1 Å². The Labute approximate surface area is 210 Å². The van der Waals surface area contributed by atoms with Gasteiger partial charge < -0.3 is 15.2 Å². The minimum absolute atomic E-state index is 0.122. The zero-order valence-electron chi connectivity index (χ0n) is 17.6. The molecule has 2 N–H and O–H groups in total. The van der Waals surface area contributed by atoms with Crippen LogP contribution in [-0.4, -0.2) is 32.3 Å². The number of anilines is 1. The highest BCUT2D eigenvalue weighted by Crippen LogP contribution is 2.24. The zero-order chi connectivity index (χ0) is 24.0. The van der Waals surface area contributed by atoms with E-state index in [-0.39, 0.29) is 24.1 Å². The van der Waals surface area contributed by atoms with Crippen LogP contribution in [0.4, 0.5) is 5.69 Å². The molecule has 7 nitrogen and oxygen atoms in total. The lowest BCUT2D eigenvalue weighted by Crippen LogP contribution is -2.25. The molecule has 0 radical (unpaired) electrons. The molecule has 1 heterocycles. The van der Waals surface area contributed by atoms with Gasteiger partial charge in [0.1, 0.15) is 0 Å². The largest absolute Gasteiger partial charge is 0.345 e. The summed E-state index contributed by atoms with van der Waals surface area (Å²) in [5, 5.41) is 15.7. The molecule has 33 heavy (non-hydrogen) atoms. The summed E-state index contributed by atoms with van der Waals surface area (Å²) < 4.78 is 1.78. The quantitative estimate of drug-likeness (QED) is 0.289. The van der Waals surface area contributed by atoms with E-state index in [1.807, 2.05) is 6.92 Å². The highest BCUT2D eigenvalue weighted by molar-refractivity contribution is 7.99. The Morgan fingerprint density at radius 1 is 1.12 bits per heavy atom. The van der Waals surface area contributed by atoms with Gasteiger partial charge in [-0.15, -0.1) is 16.8 Å². The molecule has 2 aromatic carbocycles. The Morgan fingerprint density at radius 2 is 1.91 bits per heavy atom. The number of hydrogen-bond acceptors (Lipinski definition) is 5. The predicted molar refractivity (Wildman–Crippen MR) is 133 cm³/mol. The van der Waals surface area contributed by atoms with Crippen LogP contribution < -0.4 is 10.6 Å². The molecule has 0 aliphatic heterocycles. The van der Waals surface area contributed by atoms with Crippen LogP contribution in [0, 0.1) is 6.92 Å². The lowest BCUT2D eigenvalue weighted by atomic mass is 10.2. The number of thioether (sulfide) groups is 1. The first-order valence-electron chi connectivity index (χ1n) is 9.74. The lowest BCUT2D eigenvalue weighted by Gasteiger charge is -2.10. The molecule has 0 atom stereocenters. The smallest absolute Gasteiger partial charge is 0.251 e. The van der Waals surface area contributed by atoms with E-state index in [1.165, 1.54) is 17.8 Å². The molecule has 3 aromatic rings. The summed E-state index contributed by atoms with van der Waals surface area (Å²) >= 11 is 19.2. The Bertz CT molecular complexity index is 1200. The monoisotopic (exact) mass is 523 g/mol. The number of nitrogens with one attached hydrogen (secondary N) is 2. The van der Waals surface area contributed by atoms with Crippen molar-refractivity contribution in [2.24, 2.45) is 0 Å². The van der Waals surface area contributed by atoms with E-state index < -0.39 is 0 Å². The molecule has 0 aliphatic carbocycles. The number of nitrogens with zero attached hydrogens (tertiary/aromatic N) is 3. The molecule has 11 heteroatoms. The lowest BCUT2D eigenvalue weighted by molar-refractivity contribution is -0.113. The summed E-state index contributed by atoms with van der Waals surface area (Å²) in [5.41, 5.74) is 1.83. The van der Waals surface area contributed by atoms with Gasteiger partial charge in [0.2, 0.25) is 5.91 Å². The van der Waals surface area contributed by atoms with Gasteiger partial charge >= 0.3 is 0 Å². The Hall–Kier alpha value is -2.52. The van der Waals surface area contributed by atoms with E-state index >= 15 is 0 Å². The number of carbonyl (C=O) groups is 2. The van der Waals surface area contributed by atoms with E-state index in [0.29, 0.717) is 43.8 Å². The van der Waals surface area contributed by atoms with Crippen LogP contribution >= 0.6 is 46.6 Å². The molecule has 1 aromatic heterocycles. The number of halogens is 3. The molecule has 2 amide bonds. The van der Waals surface area contributed by atoms with Gasteiger partial charge in [-0.1, -0.05) is 58.7 Å². The number of amides is 2. The van der Waals surface area contributed by atoms with Gasteiger partial charge in [0.05, 0.1) is 22.3 Å². The van der Waals surface area contributed by atoms with E-state index in [9.17, 15) is 9.59 Å². The molecule has 0 bridgehead atoms. The topological polar surface area (TPSA) is 88.9 Å².